The first-order valence-electron chi connectivity index (χ1n) is 6.88. The van der Waals surface area contributed by atoms with Crippen molar-refractivity contribution < 1.29 is 19.1 Å². The highest BCUT2D eigenvalue weighted by molar-refractivity contribution is 7.11. The fraction of sp³-hybridized carbons (Fsp3) is 0.250. The number of esters is 1. The summed E-state index contributed by atoms with van der Waals surface area (Å²) in [7, 11) is 1.54. The molecular weight excluding hydrogens is 338 g/mol. The molecule has 1 atom stereocenters. The van der Waals surface area contributed by atoms with Crippen LogP contribution in [0.3, 0.4) is 0 Å². The summed E-state index contributed by atoms with van der Waals surface area (Å²) in [5.41, 5.74) is 0.550. The van der Waals surface area contributed by atoms with Gasteiger partial charge in [-0.3, -0.25) is 4.79 Å². The highest BCUT2D eigenvalue weighted by Gasteiger charge is 2.25. The second kappa shape index (κ2) is 8.67. The van der Waals surface area contributed by atoms with Crippen LogP contribution in [0.15, 0.2) is 41.8 Å². The summed E-state index contributed by atoms with van der Waals surface area (Å²) in [4.78, 5) is 24.9. The van der Waals surface area contributed by atoms with Gasteiger partial charge in [-0.2, -0.15) is 0 Å². The fourth-order valence-corrected chi connectivity index (χ4v) is 2.57. The van der Waals surface area contributed by atoms with Crippen molar-refractivity contribution in [2.24, 2.45) is 0 Å². The first-order chi connectivity index (χ1) is 11.1. The van der Waals surface area contributed by atoms with Crippen LogP contribution in [0.4, 0.5) is 0 Å². The first kappa shape index (κ1) is 17.5. The van der Waals surface area contributed by atoms with Crippen LogP contribution in [0.5, 0.6) is 0 Å². The third-order valence-electron chi connectivity index (χ3n) is 2.96. The minimum absolute atomic E-state index is 0.329. The van der Waals surface area contributed by atoms with Crippen molar-refractivity contribution in [3.05, 3.63) is 57.2 Å². The topological polar surface area (TPSA) is 64.6 Å². The molecule has 0 aliphatic carbocycles. The smallest absolute Gasteiger partial charge is 0.349 e. The molecule has 0 radical (unpaired) electrons. The van der Waals surface area contributed by atoms with Crippen LogP contribution < -0.4 is 5.32 Å². The minimum Gasteiger partial charge on any atom is -0.443 e. The lowest BCUT2D eigenvalue weighted by molar-refractivity contribution is -0.130. The van der Waals surface area contributed by atoms with Crippen molar-refractivity contribution in [1.29, 1.82) is 0 Å². The predicted octanol–water partition coefficient (Wildman–Crippen LogP) is 3.06. The van der Waals surface area contributed by atoms with Gasteiger partial charge in [0.1, 0.15) is 4.88 Å². The van der Waals surface area contributed by atoms with E-state index in [1.54, 1.807) is 48.9 Å². The summed E-state index contributed by atoms with van der Waals surface area (Å²) in [5.74, 6) is -0.948. The standard InChI is InChI=1S/C16H16ClNO4S/c1-21-9-8-18-15(19)14(11-4-6-12(17)7-5-11)22-16(20)13-3-2-10-23-13/h2-7,10,14H,8-9H2,1H3,(H,18,19)/t14-/m1/s1. The van der Waals surface area contributed by atoms with Crippen molar-refractivity contribution in [3.63, 3.8) is 0 Å². The number of benzene rings is 1. The van der Waals surface area contributed by atoms with E-state index < -0.39 is 18.0 Å². The number of rotatable bonds is 7. The maximum atomic E-state index is 12.3. The fourth-order valence-electron chi connectivity index (χ4n) is 1.84. The Morgan fingerprint density at radius 1 is 1.26 bits per heavy atom. The van der Waals surface area contributed by atoms with E-state index in [2.05, 4.69) is 5.32 Å². The lowest BCUT2D eigenvalue weighted by Crippen LogP contribution is -2.34. The maximum Gasteiger partial charge on any atom is 0.349 e. The normalized spacial score (nSPS) is 11.7. The molecule has 1 aromatic carbocycles. The van der Waals surface area contributed by atoms with E-state index in [4.69, 9.17) is 21.1 Å². The van der Waals surface area contributed by atoms with Crippen LogP contribution in [-0.4, -0.2) is 32.1 Å². The molecule has 0 spiro atoms. The zero-order chi connectivity index (χ0) is 16.7. The summed E-state index contributed by atoms with van der Waals surface area (Å²) in [6.45, 7) is 0.702. The molecule has 23 heavy (non-hydrogen) atoms. The molecule has 2 aromatic rings. The Kier molecular flexibility index (Phi) is 6.58. The largest absolute Gasteiger partial charge is 0.443 e. The molecule has 1 amide bonds. The molecule has 7 heteroatoms. The lowest BCUT2D eigenvalue weighted by Gasteiger charge is -2.17. The van der Waals surface area contributed by atoms with Gasteiger partial charge in [0.25, 0.3) is 5.91 Å². The van der Waals surface area contributed by atoms with Crippen LogP contribution >= 0.6 is 22.9 Å². The second-order valence-electron chi connectivity index (χ2n) is 4.60. The molecule has 1 aromatic heterocycles. The van der Waals surface area contributed by atoms with E-state index in [1.165, 1.54) is 11.3 Å². The van der Waals surface area contributed by atoms with Gasteiger partial charge in [-0.05, 0) is 23.6 Å². The molecule has 0 unspecified atom stereocenters. The zero-order valence-corrected chi connectivity index (χ0v) is 14.0. The van der Waals surface area contributed by atoms with Crippen molar-refractivity contribution in [1.82, 2.24) is 5.32 Å². The average Bonchev–Trinajstić information content (AvgIpc) is 3.08. The number of methoxy groups -OCH3 is 1. The Bertz CT molecular complexity index is 643. The maximum absolute atomic E-state index is 12.3. The molecule has 2 rings (SSSR count). The predicted molar refractivity (Wildman–Crippen MR) is 88.8 cm³/mol. The van der Waals surface area contributed by atoms with Gasteiger partial charge in [-0.25, -0.2) is 4.79 Å². The van der Waals surface area contributed by atoms with E-state index in [0.717, 1.165) is 0 Å². The number of halogens is 1. The lowest BCUT2D eigenvalue weighted by atomic mass is 10.1. The first-order valence-corrected chi connectivity index (χ1v) is 8.14. The highest BCUT2D eigenvalue weighted by Crippen LogP contribution is 2.23. The molecule has 1 N–H and O–H groups in total. The molecule has 0 aliphatic rings. The van der Waals surface area contributed by atoms with Gasteiger partial charge >= 0.3 is 5.97 Å². The van der Waals surface area contributed by atoms with E-state index in [1.807, 2.05) is 0 Å². The summed E-state index contributed by atoms with van der Waals surface area (Å²) >= 11 is 7.12. The molecule has 0 fully saturated rings. The van der Waals surface area contributed by atoms with Gasteiger partial charge in [0.05, 0.1) is 6.61 Å². The Hall–Kier alpha value is -1.89. The molecule has 0 aliphatic heterocycles. The Labute approximate surface area is 143 Å². The molecular formula is C16H16ClNO4S. The molecule has 1 heterocycles. The number of ether oxygens (including phenoxy) is 2. The Balaban J connectivity index is 2.15. The van der Waals surface area contributed by atoms with Crippen molar-refractivity contribution in [3.8, 4) is 0 Å². The van der Waals surface area contributed by atoms with Gasteiger partial charge in [0.15, 0.2) is 0 Å². The van der Waals surface area contributed by atoms with E-state index >= 15 is 0 Å². The van der Waals surface area contributed by atoms with Crippen LogP contribution in [0.1, 0.15) is 21.3 Å². The summed E-state index contributed by atoms with van der Waals surface area (Å²) in [6.07, 6.45) is -1.04. The van der Waals surface area contributed by atoms with E-state index in [0.29, 0.717) is 28.6 Å². The van der Waals surface area contributed by atoms with Gasteiger partial charge in [0, 0.05) is 24.2 Å². The number of hydrogen-bond acceptors (Lipinski definition) is 5. The quantitative estimate of drug-likeness (QED) is 0.613. The van der Waals surface area contributed by atoms with Crippen LogP contribution in [0.25, 0.3) is 0 Å². The highest BCUT2D eigenvalue weighted by atomic mass is 35.5. The number of nitrogens with one attached hydrogen (secondary N) is 1. The molecule has 0 saturated carbocycles. The van der Waals surface area contributed by atoms with E-state index in [9.17, 15) is 9.59 Å². The Morgan fingerprint density at radius 3 is 2.61 bits per heavy atom. The van der Waals surface area contributed by atoms with Gasteiger partial charge in [-0.15, -0.1) is 11.3 Å². The molecule has 5 nitrogen and oxygen atoms in total. The van der Waals surface area contributed by atoms with Gasteiger partial charge in [0.2, 0.25) is 6.10 Å². The number of thiophene rings is 1. The average molecular weight is 354 g/mol. The number of amides is 1. The number of carbonyl (C=O) groups is 2. The van der Waals surface area contributed by atoms with Crippen LogP contribution in [-0.2, 0) is 14.3 Å². The van der Waals surface area contributed by atoms with E-state index in [-0.39, 0.29) is 0 Å². The SMILES string of the molecule is COCCNC(=O)[C@H](OC(=O)c1cccs1)c1ccc(Cl)cc1. The molecule has 122 valence electrons. The van der Waals surface area contributed by atoms with Crippen molar-refractivity contribution in [2.75, 3.05) is 20.3 Å². The number of carbonyl (C=O) groups excluding carboxylic acids is 2. The third-order valence-corrected chi connectivity index (χ3v) is 4.07. The number of hydrogen-bond donors (Lipinski definition) is 1. The summed E-state index contributed by atoms with van der Waals surface area (Å²) in [6, 6.07) is 10.00. The Morgan fingerprint density at radius 2 is 2.00 bits per heavy atom. The monoisotopic (exact) mass is 353 g/mol. The van der Waals surface area contributed by atoms with Crippen molar-refractivity contribution in [2.45, 2.75) is 6.10 Å². The molecule has 0 saturated heterocycles. The second-order valence-corrected chi connectivity index (χ2v) is 5.98. The third kappa shape index (κ3) is 5.06. The summed E-state index contributed by atoms with van der Waals surface area (Å²) in [5, 5.41) is 4.99. The zero-order valence-electron chi connectivity index (χ0n) is 12.5. The van der Waals surface area contributed by atoms with Gasteiger partial charge < -0.3 is 14.8 Å². The molecule has 0 bridgehead atoms. The van der Waals surface area contributed by atoms with Crippen LogP contribution in [0, 0.1) is 0 Å². The van der Waals surface area contributed by atoms with Gasteiger partial charge in [-0.1, -0.05) is 29.8 Å². The summed E-state index contributed by atoms with van der Waals surface area (Å²) < 4.78 is 10.3. The van der Waals surface area contributed by atoms with Crippen LogP contribution in [0.2, 0.25) is 5.02 Å². The minimum atomic E-state index is -1.04. The van der Waals surface area contributed by atoms with Crippen molar-refractivity contribution >= 4 is 34.8 Å².